The fourth-order valence-electron chi connectivity index (χ4n) is 2.46. The van der Waals surface area contributed by atoms with Gasteiger partial charge in [0.05, 0.1) is 11.2 Å². The summed E-state index contributed by atoms with van der Waals surface area (Å²) in [4.78, 5) is 20.4. The molecule has 1 amide bonds. The normalized spacial score (nSPS) is 10.8. The third-order valence-electron chi connectivity index (χ3n) is 3.57. The fraction of sp³-hybridized carbons (Fsp3) is 0.118. The number of hydrogen-bond acceptors (Lipinski definition) is 3. The van der Waals surface area contributed by atoms with Crippen molar-refractivity contribution >= 4 is 16.8 Å². The van der Waals surface area contributed by atoms with Gasteiger partial charge in [0, 0.05) is 28.4 Å². The van der Waals surface area contributed by atoms with E-state index in [0.29, 0.717) is 5.56 Å². The van der Waals surface area contributed by atoms with E-state index in [9.17, 15) is 4.79 Å². The van der Waals surface area contributed by atoms with Gasteiger partial charge in [-0.25, -0.2) is 0 Å². The third-order valence-corrected chi connectivity index (χ3v) is 3.57. The van der Waals surface area contributed by atoms with Crippen molar-refractivity contribution in [3.63, 3.8) is 0 Å². The summed E-state index contributed by atoms with van der Waals surface area (Å²) >= 11 is 0. The van der Waals surface area contributed by atoms with Gasteiger partial charge in [0.15, 0.2) is 0 Å². The van der Waals surface area contributed by atoms with Gasteiger partial charge in [0.25, 0.3) is 0 Å². The Morgan fingerprint density at radius 3 is 2.62 bits per heavy atom. The number of fused-ring (bicyclic) bond motifs is 1. The quantitative estimate of drug-likeness (QED) is 0.782. The van der Waals surface area contributed by atoms with Gasteiger partial charge in [-0.15, -0.1) is 0 Å². The van der Waals surface area contributed by atoms with Crippen LogP contribution in [0.15, 0.2) is 42.6 Å². The number of benzene rings is 1. The number of aryl methyl sites for hydroxylation is 1. The molecule has 0 fully saturated rings. The van der Waals surface area contributed by atoms with E-state index >= 15 is 0 Å². The van der Waals surface area contributed by atoms with Crippen LogP contribution in [0.1, 0.15) is 21.6 Å². The summed E-state index contributed by atoms with van der Waals surface area (Å²) < 4.78 is 0. The number of carbonyl (C=O) groups excluding carboxylic acids is 1. The van der Waals surface area contributed by atoms with Crippen molar-refractivity contribution < 1.29 is 4.79 Å². The lowest BCUT2D eigenvalue weighted by Crippen LogP contribution is -2.13. The number of carbonyl (C=O) groups is 1. The summed E-state index contributed by atoms with van der Waals surface area (Å²) in [5.41, 5.74) is 10.3. The van der Waals surface area contributed by atoms with Crippen LogP contribution >= 0.6 is 0 Å². The van der Waals surface area contributed by atoms with Gasteiger partial charge in [0.1, 0.15) is 0 Å². The van der Waals surface area contributed by atoms with Crippen LogP contribution in [0, 0.1) is 13.8 Å². The number of amides is 1. The zero-order valence-electron chi connectivity index (χ0n) is 11.9. The van der Waals surface area contributed by atoms with E-state index in [0.717, 1.165) is 33.4 Å². The maximum Gasteiger partial charge on any atom is 0.249 e. The Morgan fingerprint density at radius 2 is 1.86 bits per heavy atom. The molecule has 0 saturated carbocycles. The van der Waals surface area contributed by atoms with Crippen LogP contribution in [0.4, 0.5) is 0 Å². The van der Waals surface area contributed by atoms with Gasteiger partial charge >= 0.3 is 0 Å². The van der Waals surface area contributed by atoms with E-state index in [2.05, 4.69) is 9.97 Å². The molecule has 1 aromatic carbocycles. The molecular formula is C17H15N3O. The van der Waals surface area contributed by atoms with Crippen molar-refractivity contribution in [1.82, 2.24) is 9.97 Å². The summed E-state index contributed by atoms with van der Waals surface area (Å²) in [5.74, 6) is -0.439. The van der Waals surface area contributed by atoms with Crippen molar-refractivity contribution in [2.45, 2.75) is 13.8 Å². The van der Waals surface area contributed by atoms with Crippen LogP contribution < -0.4 is 5.73 Å². The lowest BCUT2D eigenvalue weighted by atomic mass is 10.0. The highest BCUT2D eigenvalue weighted by Crippen LogP contribution is 2.26. The largest absolute Gasteiger partial charge is 0.366 e. The topological polar surface area (TPSA) is 68.9 Å². The van der Waals surface area contributed by atoms with Crippen molar-refractivity contribution in [2.75, 3.05) is 0 Å². The molecule has 4 nitrogen and oxygen atoms in total. The van der Waals surface area contributed by atoms with Crippen LogP contribution in [-0.4, -0.2) is 15.9 Å². The third kappa shape index (κ3) is 2.36. The summed E-state index contributed by atoms with van der Waals surface area (Å²) in [5, 5.41) is 1.08. The van der Waals surface area contributed by atoms with E-state index in [1.54, 1.807) is 12.3 Å². The second kappa shape index (κ2) is 4.98. The lowest BCUT2D eigenvalue weighted by Gasteiger charge is -2.09. The number of aromatic nitrogens is 2. The van der Waals surface area contributed by atoms with Crippen LogP contribution in [-0.2, 0) is 0 Å². The van der Waals surface area contributed by atoms with Crippen LogP contribution in [0.2, 0.25) is 0 Å². The molecule has 0 radical (unpaired) electrons. The second-order valence-electron chi connectivity index (χ2n) is 5.06. The number of nitrogens with zero attached hydrogens (tertiary/aromatic N) is 2. The van der Waals surface area contributed by atoms with Crippen molar-refractivity contribution in [1.29, 1.82) is 0 Å². The van der Waals surface area contributed by atoms with E-state index in [1.807, 2.05) is 44.2 Å². The molecule has 0 aliphatic carbocycles. The van der Waals surface area contributed by atoms with Crippen LogP contribution in [0.3, 0.4) is 0 Å². The summed E-state index contributed by atoms with van der Waals surface area (Å²) in [6, 6.07) is 11.7. The van der Waals surface area contributed by atoms with E-state index < -0.39 is 5.91 Å². The maximum atomic E-state index is 11.4. The molecule has 0 bridgehead atoms. The average molecular weight is 277 g/mol. The van der Waals surface area contributed by atoms with Gasteiger partial charge in [-0.2, -0.15) is 0 Å². The van der Waals surface area contributed by atoms with Gasteiger partial charge in [-0.3, -0.25) is 14.8 Å². The Bertz CT molecular complexity index is 856. The fourth-order valence-corrected chi connectivity index (χ4v) is 2.46. The molecule has 3 rings (SSSR count). The molecule has 0 aliphatic heterocycles. The molecule has 3 aromatic rings. The maximum absolute atomic E-state index is 11.4. The van der Waals surface area contributed by atoms with Gasteiger partial charge < -0.3 is 5.73 Å². The second-order valence-corrected chi connectivity index (χ2v) is 5.06. The predicted molar refractivity (Wildman–Crippen MR) is 83.0 cm³/mol. The summed E-state index contributed by atoms with van der Waals surface area (Å²) in [7, 11) is 0. The Balaban J connectivity index is 2.21. The van der Waals surface area contributed by atoms with Crippen LogP contribution in [0.5, 0.6) is 0 Å². The van der Waals surface area contributed by atoms with Gasteiger partial charge in [-0.05, 0) is 37.6 Å². The molecule has 21 heavy (non-hydrogen) atoms. The number of pyridine rings is 2. The predicted octanol–water partition coefficient (Wildman–Crippen LogP) is 3.01. The number of hydrogen-bond donors (Lipinski definition) is 1. The first-order valence-corrected chi connectivity index (χ1v) is 6.69. The van der Waals surface area contributed by atoms with E-state index in [-0.39, 0.29) is 0 Å². The van der Waals surface area contributed by atoms with Crippen molar-refractivity contribution in [3.8, 4) is 11.3 Å². The number of primary amides is 1. The Kier molecular flexibility index (Phi) is 3.14. The first-order chi connectivity index (χ1) is 10.1. The van der Waals surface area contributed by atoms with E-state index in [1.165, 1.54) is 0 Å². The smallest absolute Gasteiger partial charge is 0.249 e. The highest BCUT2D eigenvalue weighted by Gasteiger charge is 2.11. The van der Waals surface area contributed by atoms with Crippen molar-refractivity contribution in [2.24, 2.45) is 5.73 Å². The highest BCUT2D eigenvalue weighted by molar-refractivity contribution is 5.96. The minimum atomic E-state index is -0.439. The molecule has 0 aliphatic rings. The molecule has 2 N–H and O–H groups in total. The summed E-state index contributed by atoms with van der Waals surface area (Å²) in [6.45, 7) is 3.82. The molecule has 0 spiro atoms. The van der Waals surface area contributed by atoms with Crippen molar-refractivity contribution in [3.05, 3.63) is 59.4 Å². The molecule has 2 heterocycles. The molecule has 104 valence electrons. The Morgan fingerprint density at radius 1 is 1.10 bits per heavy atom. The molecule has 0 unspecified atom stereocenters. The van der Waals surface area contributed by atoms with E-state index in [4.69, 9.17) is 5.73 Å². The molecule has 2 aromatic heterocycles. The monoisotopic (exact) mass is 277 g/mol. The van der Waals surface area contributed by atoms with Crippen LogP contribution in [0.25, 0.3) is 22.2 Å². The zero-order valence-corrected chi connectivity index (χ0v) is 11.9. The first kappa shape index (κ1) is 13.2. The molecule has 0 atom stereocenters. The highest BCUT2D eigenvalue weighted by atomic mass is 16.1. The molecule has 4 heteroatoms. The average Bonchev–Trinajstić information content (AvgIpc) is 2.46. The minimum absolute atomic E-state index is 0.439. The first-order valence-electron chi connectivity index (χ1n) is 6.69. The minimum Gasteiger partial charge on any atom is -0.366 e. The lowest BCUT2D eigenvalue weighted by molar-refractivity contribution is 0.0999. The molecular weight excluding hydrogens is 262 g/mol. The Labute approximate surface area is 122 Å². The van der Waals surface area contributed by atoms with Gasteiger partial charge in [0.2, 0.25) is 5.91 Å². The standard InChI is InChI=1S/C17H15N3O/c1-10-3-4-12-5-6-13(9-15(12)20-10)16-11(2)14(17(18)21)7-8-19-16/h3-9H,1-2H3,(H2,18,21). The molecule has 0 saturated heterocycles. The number of nitrogens with two attached hydrogens (primary N) is 1. The summed E-state index contributed by atoms with van der Waals surface area (Å²) in [6.07, 6.45) is 1.61. The number of rotatable bonds is 2. The Hall–Kier alpha value is -2.75. The van der Waals surface area contributed by atoms with Gasteiger partial charge in [-0.1, -0.05) is 18.2 Å². The zero-order chi connectivity index (χ0) is 15.0. The SMILES string of the molecule is Cc1ccc2ccc(-c3nccc(C(N)=O)c3C)cc2n1.